The molecular formula is C24H22BrN3O2. The number of fused-ring (bicyclic) bond motifs is 1. The topological polar surface area (TPSA) is 81.2 Å². The molecule has 0 saturated carbocycles. The van der Waals surface area contributed by atoms with Crippen LogP contribution in [0.15, 0.2) is 46.9 Å². The Hall–Kier alpha value is -3.04. The molecule has 4 rings (SSSR count). The summed E-state index contributed by atoms with van der Waals surface area (Å²) in [5.74, 6) is 1.80. The third-order valence-electron chi connectivity index (χ3n) is 5.37. The number of nitriles is 1. The molecule has 152 valence electrons. The Kier molecular flexibility index (Phi) is 5.91. The summed E-state index contributed by atoms with van der Waals surface area (Å²) in [5.41, 5.74) is 11.5. The van der Waals surface area contributed by atoms with E-state index in [9.17, 15) is 5.26 Å². The number of nitrogens with zero attached hydrogens (tertiary/aromatic N) is 2. The Bertz CT molecular complexity index is 1140. The van der Waals surface area contributed by atoms with Crippen molar-refractivity contribution < 1.29 is 9.47 Å². The molecule has 0 unspecified atom stereocenters. The van der Waals surface area contributed by atoms with Crippen molar-refractivity contribution in [2.75, 3.05) is 12.8 Å². The van der Waals surface area contributed by atoms with Crippen molar-refractivity contribution in [1.29, 1.82) is 5.26 Å². The lowest BCUT2D eigenvalue weighted by molar-refractivity contribution is 0.296. The summed E-state index contributed by atoms with van der Waals surface area (Å²) in [6, 6.07) is 15.9. The highest BCUT2D eigenvalue weighted by Crippen LogP contribution is 2.37. The van der Waals surface area contributed by atoms with Crippen molar-refractivity contribution in [3.8, 4) is 28.7 Å². The van der Waals surface area contributed by atoms with Gasteiger partial charge in [-0.2, -0.15) is 5.26 Å². The van der Waals surface area contributed by atoms with E-state index in [2.05, 4.69) is 27.0 Å². The molecule has 0 saturated heterocycles. The number of methoxy groups -OCH3 is 1. The highest BCUT2D eigenvalue weighted by Gasteiger charge is 2.22. The van der Waals surface area contributed by atoms with Gasteiger partial charge >= 0.3 is 0 Å². The average Bonchev–Trinajstić information content (AvgIpc) is 2.76. The number of rotatable bonds is 5. The van der Waals surface area contributed by atoms with Gasteiger partial charge in [0.05, 0.1) is 7.11 Å². The Morgan fingerprint density at radius 3 is 2.77 bits per heavy atom. The van der Waals surface area contributed by atoms with Crippen LogP contribution in [0, 0.1) is 11.3 Å². The van der Waals surface area contributed by atoms with Gasteiger partial charge in [0.1, 0.15) is 35.6 Å². The number of aryl methyl sites for hydroxylation is 1. The first kappa shape index (κ1) is 20.2. The smallest absolute Gasteiger partial charge is 0.142 e. The molecule has 0 aliphatic heterocycles. The monoisotopic (exact) mass is 463 g/mol. The normalized spacial score (nSPS) is 12.7. The van der Waals surface area contributed by atoms with Crippen LogP contribution in [0.2, 0.25) is 0 Å². The van der Waals surface area contributed by atoms with E-state index in [0.717, 1.165) is 69.6 Å². The molecule has 6 heteroatoms. The zero-order valence-corrected chi connectivity index (χ0v) is 18.3. The standard InChI is InChI=1S/C24H22BrN3O2/c1-29-22-10-9-15(11-16(22)14-30-18-6-4-5-17(25)12-18)23-19-7-2-3-8-21(19)28-24(27)20(23)13-26/h4-6,9-12H,2-3,7-8,14H2,1H3,(H2,27,28). The summed E-state index contributed by atoms with van der Waals surface area (Å²) in [5, 5.41) is 9.79. The lowest BCUT2D eigenvalue weighted by Gasteiger charge is -2.21. The van der Waals surface area contributed by atoms with E-state index < -0.39 is 0 Å². The SMILES string of the molecule is COc1ccc(-c2c(C#N)c(N)nc3c2CCCC3)cc1COc1cccc(Br)c1. The Morgan fingerprint density at radius 2 is 2.00 bits per heavy atom. The Morgan fingerprint density at radius 1 is 1.17 bits per heavy atom. The van der Waals surface area contributed by atoms with Crippen molar-refractivity contribution in [3.63, 3.8) is 0 Å². The largest absolute Gasteiger partial charge is 0.496 e. The van der Waals surface area contributed by atoms with E-state index in [4.69, 9.17) is 15.2 Å². The van der Waals surface area contributed by atoms with Gasteiger partial charge in [-0.1, -0.05) is 28.1 Å². The number of hydrogen-bond acceptors (Lipinski definition) is 5. The number of ether oxygens (including phenoxy) is 2. The van der Waals surface area contributed by atoms with Crippen LogP contribution >= 0.6 is 15.9 Å². The molecule has 30 heavy (non-hydrogen) atoms. The molecule has 0 radical (unpaired) electrons. The number of benzene rings is 2. The minimum atomic E-state index is 0.302. The summed E-state index contributed by atoms with van der Waals surface area (Å²) in [7, 11) is 1.64. The number of pyridine rings is 1. The van der Waals surface area contributed by atoms with Gasteiger partial charge in [-0.3, -0.25) is 0 Å². The third kappa shape index (κ3) is 3.99. The van der Waals surface area contributed by atoms with Crippen LogP contribution in [0.5, 0.6) is 11.5 Å². The summed E-state index contributed by atoms with van der Waals surface area (Å²) in [6.07, 6.45) is 3.99. The van der Waals surface area contributed by atoms with Crippen LogP contribution in [-0.4, -0.2) is 12.1 Å². The maximum atomic E-state index is 9.79. The van der Waals surface area contributed by atoms with Gasteiger partial charge in [0.25, 0.3) is 0 Å². The number of halogens is 1. The molecule has 0 amide bonds. The Labute approximate surface area is 184 Å². The highest BCUT2D eigenvalue weighted by molar-refractivity contribution is 9.10. The molecule has 5 nitrogen and oxygen atoms in total. The molecule has 1 aliphatic carbocycles. The van der Waals surface area contributed by atoms with Crippen molar-refractivity contribution >= 4 is 21.7 Å². The van der Waals surface area contributed by atoms with Crippen LogP contribution in [0.3, 0.4) is 0 Å². The van der Waals surface area contributed by atoms with E-state index in [1.165, 1.54) is 0 Å². The first-order valence-electron chi connectivity index (χ1n) is 9.87. The quantitative estimate of drug-likeness (QED) is 0.545. The van der Waals surface area contributed by atoms with Crippen LogP contribution in [0.4, 0.5) is 5.82 Å². The zero-order valence-electron chi connectivity index (χ0n) is 16.7. The van der Waals surface area contributed by atoms with Gasteiger partial charge < -0.3 is 15.2 Å². The molecule has 0 spiro atoms. The number of nitrogens with two attached hydrogens (primary N) is 1. The summed E-state index contributed by atoms with van der Waals surface area (Å²) in [6.45, 7) is 0.345. The second-order valence-corrected chi connectivity index (χ2v) is 8.18. The predicted molar refractivity (Wildman–Crippen MR) is 120 cm³/mol. The lowest BCUT2D eigenvalue weighted by atomic mass is 9.86. The summed E-state index contributed by atoms with van der Waals surface area (Å²) in [4.78, 5) is 4.51. The van der Waals surface area contributed by atoms with E-state index in [0.29, 0.717) is 18.0 Å². The summed E-state index contributed by atoms with van der Waals surface area (Å²) >= 11 is 3.46. The molecule has 0 atom stereocenters. The minimum absolute atomic E-state index is 0.302. The van der Waals surface area contributed by atoms with Crippen LogP contribution in [-0.2, 0) is 19.4 Å². The van der Waals surface area contributed by atoms with Crippen LogP contribution in [0.1, 0.15) is 35.2 Å². The number of hydrogen-bond donors (Lipinski definition) is 1. The fourth-order valence-corrected chi connectivity index (χ4v) is 4.34. The molecular weight excluding hydrogens is 442 g/mol. The van der Waals surface area contributed by atoms with E-state index in [1.807, 2.05) is 42.5 Å². The zero-order chi connectivity index (χ0) is 21.1. The van der Waals surface area contributed by atoms with E-state index in [-0.39, 0.29) is 0 Å². The maximum Gasteiger partial charge on any atom is 0.142 e. The molecule has 1 aromatic heterocycles. The molecule has 0 fully saturated rings. The van der Waals surface area contributed by atoms with Gasteiger partial charge in [0.2, 0.25) is 0 Å². The van der Waals surface area contributed by atoms with E-state index in [1.54, 1.807) is 7.11 Å². The van der Waals surface area contributed by atoms with Crippen molar-refractivity contribution in [1.82, 2.24) is 4.98 Å². The fourth-order valence-electron chi connectivity index (χ4n) is 3.96. The van der Waals surface area contributed by atoms with Gasteiger partial charge in [-0.15, -0.1) is 0 Å². The van der Waals surface area contributed by atoms with Gasteiger partial charge in [-0.05, 0) is 67.1 Å². The van der Waals surface area contributed by atoms with Crippen molar-refractivity contribution in [2.45, 2.75) is 32.3 Å². The average molecular weight is 464 g/mol. The van der Waals surface area contributed by atoms with Crippen molar-refractivity contribution in [3.05, 3.63) is 69.3 Å². The first-order chi connectivity index (χ1) is 14.6. The third-order valence-corrected chi connectivity index (χ3v) is 5.87. The van der Waals surface area contributed by atoms with Crippen LogP contribution in [0.25, 0.3) is 11.1 Å². The Balaban J connectivity index is 1.77. The second-order valence-electron chi connectivity index (χ2n) is 7.26. The van der Waals surface area contributed by atoms with Crippen molar-refractivity contribution in [2.24, 2.45) is 0 Å². The lowest BCUT2D eigenvalue weighted by Crippen LogP contribution is -2.12. The fraction of sp³-hybridized carbons (Fsp3) is 0.250. The highest BCUT2D eigenvalue weighted by atomic mass is 79.9. The molecule has 2 N–H and O–H groups in total. The van der Waals surface area contributed by atoms with Gasteiger partial charge in [0.15, 0.2) is 0 Å². The van der Waals surface area contributed by atoms with Gasteiger partial charge in [0, 0.05) is 21.3 Å². The minimum Gasteiger partial charge on any atom is -0.496 e. The first-order valence-corrected chi connectivity index (χ1v) is 10.7. The molecule has 0 bridgehead atoms. The summed E-state index contributed by atoms with van der Waals surface area (Å²) < 4.78 is 12.5. The van der Waals surface area contributed by atoms with Crippen LogP contribution < -0.4 is 15.2 Å². The molecule has 1 aliphatic rings. The number of nitrogen functional groups attached to an aromatic ring is 1. The second kappa shape index (κ2) is 8.76. The number of aromatic nitrogens is 1. The van der Waals surface area contributed by atoms with Gasteiger partial charge in [-0.25, -0.2) is 4.98 Å². The molecule has 3 aromatic rings. The van der Waals surface area contributed by atoms with E-state index >= 15 is 0 Å². The maximum absolute atomic E-state index is 9.79. The predicted octanol–water partition coefficient (Wildman–Crippen LogP) is 5.43. The molecule has 2 aromatic carbocycles. The number of anilines is 1. The molecule has 1 heterocycles.